The second kappa shape index (κ2) is 8.07. The number of methoxy groups -OCH3 is 1. The molecule has 0 aliphatic rings. The molecule has 9 heteroatoms. The zero-order chi connectivity index (χ0) is 19.4. The molecule has 3 nitrogen and oxygen atoms in total. The molecule has 142 valence electrons. The van der Waals surface area contributed by atoms with Crippen molar-refractivity contribution in [3.05, 3.63) is 34.9 Å². The summed E-state index contributed by atoms with van der Waals surface area (Å²) in [5.74, 6) is -0.838. The van der Waals surface area contributed by atoms with Crippen LogP contribution in [0.5, 0.6) is 0 Å². The highest BCUT2D eigenvalue weighted by atomic mass is 19.4. The van der Waals surface area contributed by atoms with Crippen molar-refractivity contribution in [3.63, 3.8) is 0 Å². The molecular formula is C16H19F6NO2. The number of aryl methyl sites for hydroxylation is 1. The Morgan fingerprint density at radius 1 is 1.16 bits per heavy atom. The molecule has 0 aliphatic carbocycles. The zero-order valence-electron chi connectivity index (χ0n) is 13.7. The van der Waals surface area contributed by atoms with Gasteiger partial charge in [-0.1, -0.05) is 13.0 Å². The normalized spacial score (nSPS) is 14.9. The Morgan fingerprint density at radius 3 is 2.24 bits per heavy atom. The minimum absolute atomic E-state index is 0.0813. The minimum Gasteiger partial charge on any atom is -0.468 e. The van der Waals surface area contributed by atoms with Gasteiger partial charge in [0.25, 0.3) is 0 Å². The molecule has 0 radical (unpaired) electrons. The van der Waals surface area contributed by atoms with Crippen LogP contribution in [-0.4, -0.2) is 19.1 Å². The number of benzene rings is 1. The van der Waals surface area contributed by atoms with E-state index in [-0.39, 0.29) is 36.8 Å². The molecule has 0 aliphatic heterocycles. The van der Waals surface area contributed by atoms with Gasteiger partial charge in [-0.25, -0.2) is 0 Å². The van der Waals surface area contributed by atoms with Crippen LogP contribution < -0.4 is 5.73 Å². The van der Waals surface area contributed by atoms with Gasteiger partial charge < -0.3 is 10.5 Å². The van der Waals surface area contributed by atoms with E-state index in [0.717, 1.165) is 6.07 Å². The first-order chi connectivity index (χ1) is 11.4. The number of alkyl halides is 6. The van der Waals surface area contributed by atoms with E-state index in [1.165, 1.54) is 7.11 Å². The molecule has 1 aromatic carbocycles. The van der Waals surface area contributed by atoms with Crippen LogP contribution >= 0.6 is 0 Å². The van der Waals surface area contributed by atoms with Crippen LogP contribution in [0.25, 0.3) is 0 Å². The Kier molecular flexibility index (Phi) is 6.87. The van der Waals surface area contributed by atoms with Crippen molar-refractivity contribution in [2.75, 3.05) is 7.11 Å². The van der Waals surface area contributed by atoms with E-state index in [9.17, 15) is 31.1 Å². The molecule has 2 N–H and O–H groups in total. The van der Waals surface area contributed by atoms with Crippen molar-refractivity contribution in [3.8, 4) is 0 Å². The average Bonchev–Trinajstić information content (AvgIpc) is 2.49. The van der Waals surface area contributed by atoms with Gasteiger partial charge in [0.1, 0.15) is 6.04 Å². The maximum atomic E-state index is 13.1. The second-order valence-corrected chi connectivity index (χ2v) is 5.88. The van der Waals surface area contributed by atoms with E-state index in [2.05, 4.69) is 4.74 Å². The number of esters is 1. The summed E-state index contributed by atoms with van der Waals surface area (Å²) in [6.07, 6.45) is -9.38. The third-order valence-corrected chi connectivity index (χ3v) is 3.81. The summed E-state index contributed by atoms with van der Waals surface area (Å²) >= 11 is 0. The summed E-state index contributed by atoms with van der Waals surface area (Å²) < 4.78 is 81.5. The van der Waals surface area contributed by atoms with Crippen LogP contribution in [0.3, 0.4) is 0 Å². The molecule has 25 heavy (non-hydrogen) atoms. The standard InChI is InChI=1S/C16H19F6NO2/c1-9(7-13(23)14(24)25-2)3-4-10-5-6-11(15(17,18)19)8-12(10)16(20,21)22/h5-6,8-9,13H,3-4,7,23H2,1-2H3. The maximum absolute atomic E-state index is 13.1. The molecule has 1 rings (SSSR count). The monoisotopic (exact) mass is 371 g/mol. The Morgan fingerprint density at radius 2 is 1.76 bits per heavy atom. The number of hydrogen-bond donors (Lipinski definition) is 1. The lowest BCUT2D eigenvalue weighted by molar-refractivity contribution is -0.144. The van der Waals surface area contributed by atoms with Crippen molar-refractivity contribution < 1.29 is 35.9 Å². The van der Waals surface area contributed by atoms with Crippen LogP contribution in [0, 0.1) is 5.92 Å². The molecule has 1 aromatic rings. The highest BCUT2D eigenvalue weighted by Gasteiger charge is 2.38. The van der Waals surface area contributed by atoms with E-state index in [1.807, 2.05) is 0 Å². The van der Waals surface area contributed by atoms with E-state index >= 15 is 0 Å². The average molecular weight is 371 g/mol. The summed E-state index contributed by atoms with van der Waals surface area (Å²) in [5, 5.41) is 0. The van der Waals surface area contributed by atoms with Crippen LogP contribution in [0.1, 0.15) is 36.5 Å². The number of hydrogen-bond acceptors (Lipinski definition) is 3. The number of ether oxygens (including phenoxy) is 1. The Labute approximate surface area is 141 Å². The molecule has 2 atom stereocenters. The second-order valence-electron chi connectivity index (χ2n) is 5.88. The molecule has 0 saturated heterocycles. The predicted molar refractivity (Wildman–Crippen MR) is 78.5 cm³/mol. The van der Waals surface area contributed by atoms with Gasteiger partial charge in [-0.15, -0.1) is 0 Å². The Hall–Kier alpha value is -1.77. The van der Waals surface area contributed by atoms with Gasteiger partial charge in [0.2, 0.25) is 0 Å². The smallest absolute Gasteiger partial charge is 0.416 e. The molecule has 0 bridgehead atoms. The number of nitrogens with two attached hydrogens (primary N) is 1. The van der Waals surface area contributed by atoms with E-state index < -0.39 is 35.5 Å². The third-order valence-electron chi connectivity index (χ3n) is 3.81. The van der Waals surface area contributed by atoms with E-state index in [1.54, 1.807) is 6.92 Å². The summed E-state index contributed by atoms with van der Waals surface area (Å²) in [6, 6.07) is 0.712. The Balaban J connectivity index is 2.89. The van der Waals surface area contributed by atoms with Gasteiger partial charge in [0.05, 0.1) is 18.2 Å². The van der Waals surface area contributed by atoms with Crippen LogP contribution in [0.4, 0.5) is 26.3 Å². The van der Waals surface area contributed by atoms with Crippen molar-refractivity contribution in [1.82, 2.24) is 0 Å². The quantitative estimate of drug-likeness (QED) is 0.603. The molecule has 0 saturated carbocycles. The number of rotatable bonds is 6. The molecular weight excluding hydrogens is 352 g/mol. The van der Waals surface area contributed by atoms with Gasteiger partial charge in [-0.2, -0.15) is 26.3 Å². The summed E-state index contributed by atoms with van der Waals surface area (Å²) in [6.45, 7) is 1.69. The van der Waals surface area contributed by atoms with Crippen molar-refractivity contribution in [2.45, 2.75) is 44.6 Å². The zero-order valence-corrected chi connectivity index (χ0v) is 13.7. The SMILES string of the molecule is COC(=O)C(N)CC(C)CCc1ccc(C(F)(F)F)cc1C(F)(F)F. The lowest BCUT2D eigenvalue weighted by Crippen LogP contribution is -2.33. The molecule has 2 unspecified atom stereocenters. The van der Waals surface area contributed by atoms with Crippen molar-refractivity contribution in [1.29, 1.82) is 0 Å². The largest absolute Gasteiger partial charge is 0.468 e. The predicted octanol–water partition coefficient (Wildman–Crippen LogP) is 4.18. The first-order valence-corrected chi connectivity index (χ1v) is 7.47. The molecule has 0 aromatic heterocycles. The molecule has 0 heterocycles. The van der Waals surface area contributed by atoms with E-state index in [0.29, 0.717) is 6.07 Å². The minimum atomic E-state index is -4.89. The topological polar surface area (TPSA) is 52.3 Å². The van der Waals surface area contributed by atoms with Crippen LogP contribution in [0.15, 0.2) is 18.2 Å². The maximum Gasteiger partial charge on any atom is 0.416 e. The first-order valence-electron chi connectivity index (χ1n) is 7.47. The van der Waals surface area contributed by atoms with Gasteiger partial charge >= 0.3 is 18.3 Å². The van der Waals surface area contributed by atoms with Gasteiger partial charge in [-0.3, -0.25) is 4.79 Å². The highest BCUT2D eigenvalue weighted by Crippen LogP contribution is 2.38. The third kappa shape index (κ3) is 6.22. The lowest BCUT2D eigenvalue weighted by Gasteiger charge is -2.18. The van der Waals surface area contributed by atoms with Crippen molar-refractivity contribution >= 4 is 5.97 Å². The van der Waals surface area contributed by atoms with Gasteiger partial charge in [-0.05, 0) is 42.9 Å². The van der Waals surface area contributed by atoms with Gasteiger partial charge in [0.15, 0.2) is 0 Å². The number of carbonyl (C=O) groups is 1. The molecule has 0 amide bonds. The molecule has 0 spiro atoms. The molecule has 0 fully saturated rings. The summed E-state index contributed by atoms with van der Waals surface area (Å²) in [7, 11) is 1.17. The fourth-order valence-electron chi connectivity index (χ4n) is 2.44. The Bertz CT molecular complexity index is 597. The number of halogens is 6. The van der Waals surface area contributed by atoms with Crippen molar-refractivity contribution in [2.24, 2.45) is 11.7 Å². The lowest BCUT2D eigenvalue weighted by atomic mass is 9.92. The fraction of sp³-hybridized carbons (Fsp3) is 0.562. The highest BCUT2D eigenvalue weighted by molar-refractivity contribution is 5.75. The van der Waals surface area contributed by atoms with E-state index in [4.69, 9.17) is 5.73 Å². The van der Waals surface area contributed by atoms with Crippen LogP contribution in [-0.2, 0) is 28.3 Å². The summed E-state index contributed by atoms with van der Waals surface area (Å²) in [5.41, 5.74) is 2.72. The fourth-order valence-corrected chi connectivity index (χ4v) is 2.44. The van der Waals surface area contributed by atoms with Gasteiger partial charge in [0, 0.05) is 0 Å². The first kappa shape index (κ1) is 21.3. The van der Waals surface area contributed by atoms with Crippen LogP contribution in [0.2, 0.25) is 0 Å². The summed E-state index contributed by atoms with van der Waals surface area (Å²) in [4.78, 5) is 11.2. The number of carbonyl (C=O) groups excluding carboxylic acids is 1.